The van der Waals surface area contributed by atoms with Crippen LogP contribution in [0.1, 0.15) is 45.1 Å². The van der Waals surface area contributed by atoms with Crippen LogP contribution in [0.4, 0.5) is 27.7 Å². The molecule has 0 aliphatic carbocycles. The molecule has 0 radical (unpaired) electrons. The summed E-state index contributed by atoms with van der Waals surface area (Å²) in [6.07, 6.45) is 6.04. The topological polar surface area (TPSA) is 103 Å². The molecule has 198 valence electrons. The lowest BCUT2D eigenvalue weighted by Gasteiger charge is -2.41. The van der Waals surface area contributed by atoms with Crippen LogP contribution in [0.25, 0.3) is 10.8 Å². The molecule has 2 aliphatic rings. The normalized spacial score (nSPS) is 20.9. The van der Waals surface area contributed by atoms with Gasteiger partial charge in [0.1, 0.15) is 17.3 Å². The number of piperidine rings is 1. The van der Waals surface area contributed by atoms with Crippen molar-refractivity contribution in [2.75, 3.05) is 47.6 Å². The molecular weight excluding hydrogens is 493 g/mol. The number of halogens is 1. The molecule has 11 heteroatoms. The van der Waals surface area contributed by atoms with Gasteiger partial charge in [-0.1, -0.05) is 19.9 Å². The number of rotatable bonds is 7. The van der Waals surface area contributed by atoms with E-state index in [-0.39, 0.29) is 12.6 Å². The first kappa shape index (κ1) is 25.6. The fraction of sp³-hybridized carbons (Fsp3) is 0.500. The quantitative estimate of drug-likeness (QED) is 0.476. The Morgan fingerprint density at radius 3 is 2.59 bits per heavy atom. The van der Waals surface area contributed by atoms with Crippen molar-refractivity contribution >= 4 is 44.1 Å². The van der Waals surface area contributed by atoms with E-state index in [4.69, 9.17) is 0 Å². The lowest BCUT2D eigenvalue weighted by molar-refractivity contribution is 0.159. The van der Waals surface area contributed by atoms with Crippen molar-refractivity contribution in [3.63, 3.8) is 0 Å². The largest absolute Gasteiger partial charge is 0.368 e. The third kappa shape index (κ3) is 5.77. The second kappa shape index (κ2) is 9.68. The van der Waals surface area contributed by atoms with Gasteiger partial charge in [0.25, 0.3) is 0 Å². The maximum absolute atomic E-state index is 14.6. The van der Waals surface area contributed by atoms with E-state index in [0.717, 1.165) is 29.4 Å². The molecule has 0 spiro atoms. The Kier molecular flexibility index (Phi) is 6.70. The molecule has 4 heterocycles. The van der Waals surface area contributed by atoms with Crippen LogP contribution in [0.3, 0.4) is 0 Å². The van der Waals surface area contributed by atoms with Crippen LogP contribution in [-0.2, 0) is 10.0 Å². The molecule has 3 aromatic rings. The first-order valence-electron chi connectivity index (χ1n) is 12.7. The highest BCUT2D eigenvalue weighted by atomic mass is 32.2. The van der Waals surface area contributed by atoms with Gasteiger partial charge in [-0.15, -0.1) is 0 Å². The van der Waals surface area contributed by atoms with Crippen molar-refractivity contribution in [2.24, 2.45) is 0 Å². The Balaban J connectivity index is 1.40. The van der Waals surface area contributed by atoms with Gasteiger partial charge in [-0.25, -0.2) is 27.5 Å². The summed E-state index contributed by atoms with van der Waals surface area (Å²) in [4.78, 5) is 17.7. The molecule has 1 aromatic carbocycles. The van der Waals surface area contributed by atoms with E-state index in [1.54, 1.807) is 19.2 Å². The molecule has 2 fully saturated rings. The number of sulfonamides is 1. The number of nitrogens with one attached hydrogen (secondary N) is 2. The number of alkyl halides is 1. The molecule has 37 heavy (non-hydrogen) atoms. The fourth-order valence-corrected chi connectivity index (χ4v) is 5.97. The minimum atomic E-state index is -3.23. The van der Waals surface area contributed by atoms with E-state index < -0.39 is 15.7 Å². The van der Waals surface area contributed by atoms with Gasteiger partial charge >= 0.3 is 0 Å². The molecule has 2 aliphatic heterocycles. The van der Waals surface area contributed by atoms with Crippen molar-refractivity contribution < 1.29 is 12.8 Å². The summed E-state index contributed by atoms with van der Waals surface area (Å²) in [7, 11) is -3.23. The molecule has 2 saturated heterocycles. The average Bonchev–Trinajstić information content (AvgIpc) is 2.79. The third-order valence-electron chi connectivity index (χ3n) is 6.97. The zero-order valence-electron chi connectivity index (χ0n) is 21.7. The van der Waals surface area contributed by atoms with Gasteiger partial charge in [0.2, 0.25) is 16.0 Å². The number of pyridine rings is 1. The Bertz CT molecular complexity index is 1410. The van der Waals surface area contributed by atoms with Crippen LogP contribution < -0.4 is 19.8 Å². The van der Waals surface area contributed by atoms with Gasteiger partial charge in [0.05, 0.1) is 18.8 Å². The second-order valence-electron chi connectivity index (χ2n) is 10.7. The highest BCUT2D eigenvalue weighted by Crippen LogP contribution is 2.36. The smallest absolute Gasteiger partial charge is 0.227 e. The molecule has 2 aromatic heterocycles. The zero-order chi connectivity index (χ0) is 26.4. The maximum Gasteiger partial charge on any atom is 0.227 e. The monoisotopic (exact) mass is 527 g/mol. The van der Waals surface area contributed by atoms with Gasteiger partial charge < -0.3 is 15.1 Å². The number of benzene rings is 1. The Morgan fingerprint density at radius 1 is 1.11 bits per heavy atom. The van der Waals surface area contributed by atoms with E-state index in [1.165, 1.54) is 11.8 Å². The van der Waals surface area contributed by atoms with Gasteiger partial charge in [-0.3, -0.25) is 0 Å². The minimum absolute atomic E-state index is 0.0918. The van der Waals surface area contributed by atoms with Crippen molar-refractivity contribution in [3.05, 3.63) is 42.2 Å². The minimum Gasteiger partial charge on any atom is -0.368 e. The van der Waals surface area contributed by atoms with Crippen LogP contribution in [0.2, 0.25) is 0 Å². The SMILES string of the molecule is CC(C)c1ccc(N2CC(NS(C)(=O)=O)C2)c2cnc(Nc3ccnc(N4CCC[C@@](C)(F)C4)n3)cc12. The molecule has 0 saturated carbocycles. The number of fused-ring (bicyclic) bond motifs is 1. The molecule has 2 N–H and O–H groups in total. The van der Waals surface area contributed by atoms with Crippen molar-refractivity contribution in [3.8, 4) is 0 Å². The highest BCUT2D eigenvalue weighted by molar-refractivity contribution is 7.88. The summed E-state index contributed by atoms with van der Waals surface area (Å²) in [5.74, 6) is 2.07. The summed E-state index contributed by atoms with van der Waals surface area (Å²) >= 11 is 0. The second-order valence-corrected chi connectivity index (χ2v) is 12.5. The number of hydrogen-bond donors (Lipinski definition) is 2. The van der Waals surface area contributed by atoms with Crippen molar-refractivity contribution in [1.29, 1.82) is 0 Å². The number of aromatic nitrogens is 3. The number of anilines is 4. The molecular formula is C26H34FN7O2S. The number of hydrogen-bond acceptors (Lipinski definition) is 8. The average molecular weight is 528 g/mol. The van der Waals surface area contributed by atoms with Crippen molar-refractivity contribution in [1.82, 2.24) is 19.7 Å². The van der Waals surface area contributed by atoms with Gasteiger partial charge in [-0.2, -0.15) is 4.98 Å². The van der Waals surface area contributed by atoms with E-state index in [9.17, 15) is 12.8 Å². The van der Waals surface area contributed by atoms with E-state index in [1.807, 2.05) is 17.2 Å². The van der Waals surface area contributed by atoms with Gasteiger partial charge in [0, 0.05) is 43.1 Å². The van der Waals surface area contributed by atoms with Crippen LogP contribution in [-0.4, -0.2) is 67.5 Å². The first-order chi connectivity index (χ1) is 17.5. The number of nitrogens with zero attached hydrogens (tertiary/aromatic N) is 5. The highest BCUT2D eigenvalue weighted by Gasteiger charge is 2.32. The predicted molar refractivity (Wildman–Crippen MR) is 146 cm³/mol. The Labute approximate surface area is 217 Å². The summed E-state index contributed by atoms with van der Waals surface area (Å²) in [5, 5.41) is 5.41. The Hall–Kier alpha value is -3.05. The third-order valence-corrected chi connectivity index (χ3v) is 7.73. The van der Waals surface area contributed by atoms with Crippen LogP contribution in [0.5, 0.6) is 0 Å². The zero-order valence-corrected chi connectivity index (χ0v) is 22.5. The summed E-state index contributed by atoms with van der Waals surface area (Å²) in [5.41, 5.74) is 0.996. The van der Waals surface area contributed by atoms with Crippen LogP contribution in [0, 0.1) is 0 Å². The molecule has 1 atom stereocenters. The summed E-state index contributed by atoms with van der Waals surface area (Å²) in [6.45, 7) is 8.18. The van der Waals surface area contributed by atoms with Crippen LogP contribution in [0.15, 0.2) is 36.7 Å². The molecule has 5 rings (SSSR count). The van der Waals surface area contributed by atoms with Gasteiger partial charge in [0.15, 0.2) is 0 Å². The first-order valence-corrected chi connectivity index (χ1v) is 14.6. The van der Waals surface area contributed by atoms with E-state index >= 15 is 0 Å². The molecule has 0 amide bonds. The van der Waals surface area contributed by atoms with Gasteiger partial charge in [-0.05, 0) is 54.8 Å². The molecule has 0 unspecified atom stereocenters. The summed E-state index contributed by atoms with van der Waals surface area (Å²) in [6, 6.07) is 7.95. The lowest BCUT2D eigenvalue weighted by Crippen LogP contribution is -2.59. The standard InChI is InChI=1S/C26H34FN7O2S/c1-17(2)19-6-7-22(34-14-18(15-34)32-37(4,35)36)21-13-29-24(12-20(19)21)30-23-8-10-28-25(31-23)33-11-5-9-26(3,27)16-33/h6-8,10,12-13,17-18,32H,5,9,11,14-16H2,1-4H3,(H,28,29,30,31)/t26-/m1/s1. The van der Waals surface area contributed by atoms with E-state index in [2.05, 4.69) is 55.9 Å². The van der Waals surface area contributed by atoms with Crippen molar-refractivity contribution in [2.45, 2.75) is 51.2 Å². The predicted octanol–water partition coefficient (Wildman–Crippen LogP) is 3.96. The van der Waals surface area contributed by atoms with Crippen LogP contribution >= 0.6 is 0 Å². The molecule has 9 nitrogen and oxygen atoms in total. The summed E-state index contributed by atoms with van der Waals surface area (Å²) < 4.78 is 40.4. The van der Waals surface area contributed by atoms with E-state index in [0.29, 0.717) is 43.0 Å². The Morgan fingerprint density at radius 2 is 1.89 bits per heavy atom. The molecule has 0 bridgehead atoms. The fourth-order valence-electron chi connectivity index (χ4n) is 5.21. The maximum atomic E-state index is 14.6. The lowest BCUT2D eigenvalue weighted by atomic mass is 9.94.